The average Bonchev–Trinajstić information content (AvgIpc) is 2.60. The predicted molar refractivity (Wildman–Crippen MR) is 78.5 cm³/mol. The molecule has 0 radical (unpaired) electrons. The first-order valence-electron chi connectivity index (χ1n) is 6.76. The van der Waals surface area contributed by atoms with Gasteiger partial charge >= 0.3 is 5.97 Å². The van der Waals surface area contributed by atoms with Gasteiger partial charge in [-0.3, -0.25) is 0 Å². The second-order valence-corrected chi connectivity index (χ2v) is 6.33. The van der Waals surface area contributed by atoms with Gasteiger partial charge in [0.2, 0.25) is 0 Å². The van der Waals surface area contributed by atoms with Crippen LogP contribution in [0.3, 0.4) is 0 Å². The van der Waals surface area contributed by atoms with Crippen molar-refractivity contribution in [2.24, 2.45) is 5.92 Å². The zero-order valence-electron chi connectivity index (χ0n) is 11.1. The van der Waals surface area contributed by atoms with Crippen molar-refractivity contribution in [2.75, 3.05) is 18.0 Å². The smallest absolute Gasteiger partial charge is 0.349 e. The highest BCUT2D eigenvalue weighted by molar-refractivity contribution is 7.18. The Hall–Kier alpha value is -0.810. The number of aromatic carboxylic acids is 1. The molecule has 0 spiro atoms. The molecular formula is C13H19ClN2O2S. The van der Waals surface area contributed by atoms with Gasteiger partial charge in [0, 0.05) is 13.1 Å². The van der Waals surface area contributed by atoms with E-state index in [2.05, 4.69) is 16.8 Å². The van der Waals surface area contributed by atoms with Crippen LogP contribution in [0.1, 0.15) is 48.7 Å². The quantitative estimate of drug-likeness (QED) is 0.916. The van der Waals surface area contributed by atoms with Gasteiger partial charge in [-0.25, -0.2) is 9.78 Å². The van der Waals surface area contributed by atoms with E-state index in [1.54, 1.807) is 0 Å². The molecule has 0 aliphatic carbocycles. The molecule has 0 aromatic carbocycles. The van der Waals surface area contributed by atoms with Crippen molar-refractivity contribution >= 4 is 34.0 Å². The van der Waals surface area contributed by atoms with E-state index in [-0.39, 0.29) is 10.0 Å². The highest BCUT2D eigenvalue weighted by Crippen LogP contribution is 2.32. The van der Waals surface area contributed by atoms with Crippen molar-refractivity contribution in [1.82, 2.24) is 4.98 Å². The highest BCUT2D eigenvalue weighted by atomic mass is 35.5. The van der Waals surface area contributed by atoms with Gasteiger partial charge in [0.05, 0.1) is 0 Å². The van der Waals surface area contributed by atoms with Crippen LogP contribution in [0.5, 0.6) is 0 Å². The summed E-state index contributed by atoms with van der Waals surface area (Å²) >= 11 is 7.05. The monoisotopic (exact) mass is 302 g/mol. The highest BCUT2D eigenvalue weighted by Gasteiger charge is 2.22. The summed E-state index contributed by atoms with van der Waals surface area (Å²) in [5.41, 5.74) is 0. The van der Waals surface area contributed by atoms with Crippen LogP contribution in [-0.2, 0) is 0 Å². The number of aromatic nitrogens is 1. The zero-order valence-corrected chi connectivity index (χ0v) is 12.6. The van der Waals surface area contributed by atoms with E-state index in [9.17, 15) is 4.79 Å². The number of carbonyl (C=O) groups is 1. The number of halogens is 1. The number of anilines is 1. The maximum atomic E-state index is 11.0. The van der Waals surface area contributed by atoms with Crippen LogP contribution in [-0.4, -0.2) is 29.1 Å². The Bertz CT molecular complexity index is 450. The maximum Gasteiger partial charge on any atom is 0.349 e. The third-order valence-electron chi connectivity index (χ3n) is 3.58. The van der Waals surface area contributed by atoms with Gasteiger partial charge in [0.25, 0.3) is 0 Å². The number of nitrogens with zero attached hydrogens (tertiary/aromatic N) is 2. The Labute approximate surface area is 122 Å². The standard InChI is InChI=1S/C13H19ClN2O2S/c1-2-4-9-5-3-7-16(8-6-9)13-15-11(14)10(19-13)12(17)18/h9H,2-8H2,1H3,(H,17,18). The fraction of sp³-hybridized carbons (Fsp3) is 0.692. The number of carboxylic acid groups (broad SMARTS) is 1. The minimum atomic E-state index is -0.993. The Balaban J connectivity index is 2.06. The first-order valence-corrected chi connectivity index (χ1v) is 7.95. The normalized spacial score (nSPS) is 20.3. The molecule has 1 aliphatic heterocycles. The molecule has 19 heavy (non-hydrogen) atoms. The molecule has 106 valence electrons. The molecule has 0 saturated carbocycles. The van der Waals surface area contributed by atoms with Crippen LogP contribution in [0.15, 0.2) is 0 Å². The number of hydrogen-bond acceptors (Lipinski definition) is 4. The fourth-order valence-electron chi connectivity index (χ4n) is 2.61. The Morgan fingerprint density at radius 2 is 2.32 bits per heavy atom. The van der Waals surface area contributed by atoms with Crippen LogP contribution >= 0.6 is 22.9 Å². The molecule has 2 rings (SSSR count). The molecule has 6 heteroatoms. The second kappa shape index (κ2) is 6.57. The van der Waals surface area contributed by atoms with Crippen molar-refractivity contribution in [3.63, 3.8) is 0 Å². The van der Waals surface area contributed by atoms with Gasteiger partial charge in [-0.05, 0) is 25.2 Å². The van der Waals surface area contributed by atoms with E-state index in [4.69, 9.17) is 16.7 Å². The first-order chi connectivity index (χ1) is 9.11. The number of carboxylic acids is 1. The summed E-state index contributed by atoms with van der Waals surface area (Å²) in [6.07, 6.45) is 6.08. The molecule has 1 aromatic heterocycles. The summed E-state index contributed by atoms with van der Waals surface area (Å²) in [6, 6.07) is 0. The molecule has 1 fully saturated rings. The van der Waals surface area contributed by atoms with E-state index >= 15 is 0 Å². The van der Waals surface area contributed by atoms with Crippen LogP contribution < -0.4 is 4.90 Å². The summed E-state index contributed by atoms with van der Waals surface area (Å²) in [6.45, 7) is 4.12. The van der Waals surface area contributed by atoms with Crippen molar-refractivity contribution in [3.05, 3.63) is 10.0 Å². The zero-order chi connectivity index (χ0) is 13.8. The summed E-state index contributed by atoms with van der Waals surface area (Å²) < 4.78 is 0. The fourth-order valence-corrected chi connectivity index (χ4v) is 3.79. The van der Waals surface area contributed by atoms with Gasteiger partial charge in [0.15, 0.2) is 15.2 Å². The third-order valence-corrected chi connectivity index (χ3v) is 5.07. The van der Waals surface area contributed by atoms with E-state index in [0.717, 1.165) is 37.0 Å². The van der Waals surface area contributed by atoms with Gasteiger partial charge in [0.1, 0.15) is 0 Å². The van der Waals surface area contributed by atoms with Crippen LogP contribution in [0.4, 0.5) is 5.13 Å². The molecule has 4 nitrogen and oxygen atoms in total. The lowest BCUT2D eigenvalue weighted by Gasteiger charge is -2.19. The molecule has 1 N–H and O–H groups in total. The molecule has 1 aliphatic rings. The van der Waals surface area contributed by atoms with Crippen molar-refractivity contribution in [3.8, 4) is 0 Å². The summed E-state index contributed by atoms with van der Waals surface area (Å²) in [7, 11) is 0. The van der Waals surface area contributed by atoms with Crippen molar-refractivity contribution in [1.29, 1.82) is 0 Å². The lowest BCUT2D eigenvalue weighted by Crippen LogP contribution is -2.23. The van der Waals surface area contributed by atoms with Crippen LogP contribution in [0, 0.1) is 5.92 Å². The van der Waals surface area contributed by atoms with Crippen molar-refractivity contribution in [2.45, 2.75) is 39.0 Å². The largest absolute Gasteiger partial charge is 0.477 e. The summed E-state index contributed by atoms with van der Waals surface area (Å²) in [5, 5.41) is 9.87. The number of hydrogen-bond donors (Lipinski definition) is 1. The lowest BCUT2D eigenvalue weighted by molar-refractivity contribution is 0.0702. The van der Waals surface area contributed by atoms with Crippen LogP contribution in [0.2, 0.25) is 5.15 Å². The Morgan fingerprint density at radius 3 is 2.95 bits per heavy atom. The molecule has 0 bridgehead atoms. The van der Waals surface area contributed by atoms with Gasteiger partial charge in [-0.15, -0.1) is 0 Å². The molecule has 1 atom stereocenters. The Morgan fingerprint density at radius 1 is 1.53 bits per heavy atom. The lowest BCUT2D eigenvalue weighted by atomic mass is 9.96. The topological polar surface area (TPSA) is 53.4 Å². The number of thiazole rings is 1. The molecule has 0 amide bonds. The summed E-state index contributed by atoms with van der Waals surface area (Å²) in [5.74, 6) is -0.197. The van der Waals surface area contributed by atoms with Crippen molar-refractivity contribution < 1.29 is 9.90 Å². The van der Waals surface area contributed by atoms with Crippen LogP contribution in [0.25, 0.3) is 0 Å². The number of rotatable bonds is 4. The Kier molecular flexibility index (Phi) is 5.05. The third kappa shape index (κ3) is 3.60. The van der Waals surface area contributed by atoms with E-state index in [0.29, 0.717) is 0 Å². The molecule has 1 aromatic rings. The SMILES string of the molecule is CCCC1CCCN(c2nc(Cl)c(C(=O)O)s2)CC1. The minimum Gasteiger partial charge on any atom is -0.477 e. The summed E-state index contributed by atoms with van der Waals surface area (Å²) in [4.78, 5) is 17.5. The molecular weight excluding hydrogens is 284 g/mol. The molecule has 1 unspecified atom stereocenters. The second-order valence-electron chi connectivity index (χ2n) is 4.99. The minimum absolute atomic E-state index is 0.113. The predicted octanol–water partition coefficient (Wildman–Crippen LogP) is 3.90. The van der Waals surface area contributed by atoms with Gasteiger partial charge in [-0.1, -0.05) is 42.7 Å². The molecule has 1 saturated heterocycles. The van der Waals surface area contributed by atoms with Gasteiger partial charge < -0.3 is 10.0 Å². The average molecular weight is 303 g/mol. The van der Waals surface area contributed by atoms with E-state index in [1.165, 1.54) is 30.6 Å². The first kappa shape index (κ1) is 14.6. The maximum absolute atomic E-state index is 11.0. The van der Waals surface area contributed by atoms with E-state index < -0.39 is 5.97 Å². The molecule has 2 heterocycles. The van der Waals surface area contributed by atoms with Gasteiger partial charge in [-0.2, -0.15) is 0 Å². The van der Waals surface area contributed by atoms with E-state index in [1.807, 2.05) is 0 Å².